The first-order valence-electron chi connectivity index (χ1n) is 5.60. The molecule has 0 radical (unpaired) electrons. The fraction of sp³-hybridized carbons (Fsp3) is 0.667. The Labute approximate surface area is 85.7 Å². The molecular weight excluding hydrogens is 174 g/mol. The van der Waals surface area contributed by atoms with E-state index in [2.05, 4.69) is 12.2 Å². The smallest absolute Gasteiger partial charge is 0.117 e. The van der Waals surface area contributed by atoms with E-state index in [4.69, 9.17) is 4.42 Å². The molecule has 14 heavy (non-hydrogen) atoms. The molecule has 2 atom stereocenters. The fourth-order valence-electron chi connectivity index (χ4n) is 2.28. The second kappa shape index (κ2) is 4.65. The molecule has 0 saturated heterocycles. The Morgan fingerprint density at radius 3 is 3.14 bits per heavy atom. The molecule has 0 aliphatic heterocycles. The minimum absolute atomic E-state index is 0.698. The van der Waals surface area contributed by atoms with Gasteiger partial charge in [-0.25, -0.2) is 0 Å². The number of hydrogen-bond donors (Lipinski definition) is 1. The maximum Gasteiger partial charge on any atom is 0.117 e. The molecule has 2 unspecified atom stereocenters. The Morgan fingerprint density at radius 1 is 1.50 bits per heavy atom. The van der Waals surface area contributed by atoms with Crippen molar-refractivity contribution in [3.63, 3.8) is 0 Å². The van der Waals surface area contributed by atoms with Crippen molar-refractivity contribution in [3.05, 3.63) is 24.2 Å². The number of rotatable bonds is 3. The van der Waals surface area contributed by atoms with E-state index in [-0.39, 0.29) is 0 Å². The van der Waals surface area contributed by atoms with Gasteiger partial charge in [0.2, 0.25) is 0 Å². The summed E-state index contributed by atoms with van der Waals surface area (Å²) in [6.45, 7) is 3.23. The quantitative estimate of drug-likeness (QED) is 0.798. The largest absolute Gasteiger partial charge is 0.468 e. The Kier molecular flexibility index (Phi) is 3.25. The van der Waals surface area contributed by atoms with Crippen LogP contribution in [-0.4, -0.2) is 6.04 Å². The monoisotopic (exact) mass is 193 g/mol. The van der Waals surface area contributed by atoms with Crippen LogP contribution in [0.4, 0.5) is 0 Å². The van der Waals surface area contributed by atoms with Crippen molar-refractivity contribution in [1.29, 1.82) is 0 Å². The van der Waals surface area contributed by atoms with Crippen LogP contribution >= 0.6 is 0 Å². The van der Waals surface area contributed by atoms with Crippen molar-refractivity contribution in [1.82, 2.24) is 5.32 Å². The highest BCUT2D eigenvalue weighted by molar-refractivity contribution is 4.97. The van der Waals surface area contributed by atoms with Gasteiger partial charge in [-0.15, -0.1) is 0 Å². The van der Waals surface area contributed by atoms with Crippen molar-refractivity contribution >= 4 is 0 Å². The second-order valence-corrected chi connectivity index (χ2v) is 4.43. The Balaban J connectivity index is 1.75. The lowest BCUT2D eigenvalue weighted by molar-refractivity contribution is 0.294. The summed E-state index contributed by atoms with van der Waals surface area (Å²) < 4.78 is 5.29. The molecule has 1 saturated carbocycles. The van der Waals surface area contributed by atoms with E-state index < -0.39 is 0 Å². The Bertz CT molecular complexity index is 255. The summed E-state index contributed by atoms with van der Waals surface area (Å²) in [5, 5.41) is 3.56. The van der Waals surface area contributed by atoms with Gasteiger partial charge in [-0.05, 0) is 30.9 Å². The normalized spacial score (nSPS) is 27.8. The summed E-state index contributed by atoms with van der Waals surface area (Å²) in [6.07, 6.45) is 7.15. The zero-order valence-corrected chi connectivity index (χ0v) is 8.83. The molecule has 1 aliphatic carbocycles. The van der Waals surface area contributed by atoms with Crippen LogP contribution in [0.5, 0.6) is 0 Å². The predicted octanol–water partition coefficient (Wildman–Crippen LogP) is 2.95. The zero-order valence-electron chi connectivity index (χ0n) is 8.83. The lowest BCUT2D eigenvalue weighted by atomic mass is 9.87. The van der Waals surface area contributed by atoms with E-state index in [0.29, 0.717) is 6.04 Å². The van der Waals surface area contributed by atoms with Crippen LogP contribution in [0, 0.1) is 5.92 Å². The van der Waals surface area contributed by atoms with Crippen molar-refractivity contribution in [2.75, 3.05) is 0 Å². The Morgan fingerprint density at radius 2 is 2.43 bits per heavy atom. The fourth-order valence-corrected chi connectivity index (χ4v) is 2.28. The molecule has 0 aromatic carbocycles. The summed E-state index contributed by atoms with van der Waals surface area (Å²) in [5.41, 5.74) is 0. The molecule has 1 heterocycles. The summed E-state index contributed by atoms with van der Waals surface area (Å²) in [6, 6.07) is 4.67. The third-order valence-corrected chi connectivity index (χ3v) is 3.08. The minimum atomic E-state index is 0.698. The van der Waals surface area contributed by atoms with Crippen LogP contribution in [0.1, 0.15) is 38.4 Å². The van der Waals surface area contributed by atoms with Crippen molar-refractivity contribution in [2.24, 2.45) is 5.92 Å². The lowest BCUT2D eigenvalue weighted by Gasteiger charge is -2.27. The summed E-state index contributed by atoms with van der Waals surface area (Å²) in [7, 11) is 0. The second-order valence-electron chi connectivity index (χ2n) is 4.43. The molecule has 1 aliphatic rings. The Hall–Kier alpha value is -0.760. The molecule has 2 heteroatoms. The zero-order chi connectivity index (χ0) is 9.80. The molecule has 1 aromatic rings. The van der Waals surface area contributed by atoms with E-state index in [1.165, 1.54) is 25.7 Å². The van der Waals surface area contributed by atoms with E-state index in [1.54, 1.807) is 6.26 Å². The number of hydrogen-bond acceptors (Lipinski definition) is 2. The summed E-state index contributed by atoms with van der Waals surface area (Å²) >= 11 is 0. The average molecular weight is 193 g/mol. The third-order valence-electron chi connectivity index (χ3n) is 3.08. The molecule has 0 amide bonds. The van der Waals surface area contributed by atoms with Gasteiger partial charge in [-0.3, -0.25) is 0 Å². The first-order valence-corrected chi connectivity index (χ1v) is 5.60. The molecule has 1 fully saturated rings. The van der Waals surface area contributed by atoms with Crippen LogP contribution < -0.4 is 5.32 Å². The molecule has 0 spiro atoms. The van der Waals surface area contributed by atoms with Gasteiger partial charge in [0, 0.05) is 6.04 Å². The molecule has 78 valence electrons. The standard InChI is InChI=1S/C12H19NO/c1-10-4-2-5-11(8-10)13-9-12-6-3-7-14-12/h3,6-7,10-11,13H,2,4-5,8-9H2,1H3. The molecule has 2 rings (SSSR count). The van der Waals surface area contributed by atoms with E-state index in [1.807, 2.05) is 12.1 Å². The van der Waals surface area contributed by atoms with Crippen LogP contribution in [0.3, 0.4) is 0 Å². The molecular formula is C12H19NO. The lowest BCUT2D eigenvalue weighted by Crippen LogP contribution is -2.32. The SMILES string of the molecule is CC1CCCC(NCc2ccco2)C1. The van der Waals surface area contributed by atoms with Gasteiger partial charge >= 0.3 is 0 Å². The van der Waals surface area contributed by atoms with Gasteiger partial charge in [0.1, 0.15) is 5.76 Å². The van der Waals surface area contributed by atoms with Crippen molar-refractivity contribution < 1.29 is 4.42 Å². The summed E-state index contributed by atoms with van der Waals surface area (Å²) in [4.78, 5) is 0. The first-order chi connectivity index (χ1) is 6.84. The van der Waals surface area contributed by atoms with Gasteiger partial charge < -0.3 is 9.73 Å². The van der Waals surface area contributed by atoms with Gasteiger partial charge in [0.25, 0.3) is 0 Å². The highest BCUT2D eigenvalue weighted by Crippen LogP contribution is 2.23. The van der Waals surface area contributed by atoms with Crippen molar-refractivity contribution in [3.8, 4) is 0 Å². The van der Waals surface area contributed by atoms with Gasteiger partial charge in [-0.2, -0.15) is 0 Å². The maximum atomic E-state index is 5.29. The van der Waals surface area contributed by atoms with E-state index in [0.717, 1.165) is 18.2 Å². The maximum absolute atomic E-state index is 5.29. The topological polar surface area (TPSA) is 25.2 Å². The van der Waals surface area contributed by atoms with Gasteiger partial charge in [-0.1, -0.05) is 19.8 Å². The first kappa shape index (κ1) is 9.78. The average Bonchev–Trinajstić information content (AvgIpc) is 2.67. The number of nitrogens with one attached hydrogen (secondary N) is 1. The van der Waals surface area contributed by atoms with Crippen molar-refractivity contribution in [2.45, 2.75) is 45.2 Å². The highest BCUT2D eigenvalue weighted by Gasteiger charge is 2.18. The summed E-state index contributed by atoms with van der Waals surface area (Å²) in [5.74, 6) is 1.93. The van der Waals surface area contributed by atoms with Gasteiger partial charge in [0.15, 0.2) is 0 Å². The van der Waals surface area contributed by atoms with Crippen LogP contribution in [0.25, 0.3) is 0 Å². The van der Waals surface area contributed by atoms with Crippen LogP contribution in [-0.2, 0) is 6.54 Å². The molecule has 0 bridgehead atoms. The molecule has 1 N–H and O–H groups in total. The highest BCUT2D eigenvalue weighted by atomic mass is 16.3. The molecule has 1 aromatic heterocycles. The third kappa shape index (κ3) is 2.61. The predicted molar refractivity (Wildman–Crippen MR) is 57.0 cm³/mol. The van der Waals surface area contributed by atoms with Gasteiger partial charge in [0.05, 0.1) is 12.8 Å². The minimum Gasteiger partial charge on any atom is -0.468 e. The number of furan rings is 1. The van der Waals surface area contributed by atoms with E-state index in [9.17, 15) is 0 Å². The van der Waals surface area contributed by atoms with Crippen LogP contribution in [0.15, 0.2) is 22.8 Å². The van der Waals surface area contributed by atoms with E-state index >= 15 is 0 Å². The van der Waals surface area contributed by atoms with Crippen LogP contribution in [0.2, 0.25) is 0 Å². The molecule has 2 nitrogen and oxygen atoms in total.